The normalized spacial score (nSPS) is 15.8. The first-order valence-corrected chi connectivity index (χ1v) is 9.21. The number of aromatic nitrogens is 2. The average Bonchev–Trinajstić information content (AvgIpc) is 3.07. The molecule has 1 aromatic heterocycles. The first-order chi connectivity index (χ1) is 12.5. The van der Waals surface area contributed by atoms with Crippen molar-refractivity contribution in [2.45, 2.75) is 39.2 Å². The molecule has 3 heteroatoms. The van der Waals surface area contributed by atoms with Crippen LogP contribution in [0.4, 0.5) is 0 Å². The van der Waals surface area contributed by atoms with Gasteiger partial charge in [-0.1, -0.05) is 48.0 Å². The zero-order valence-electron chi connectivity index (χ0n) is 15.4. The maximum Gasteiger partial charge on any atom is 0.138 e. The Labute approximate surface area is 153 Å². The third-order valence-corrected chi connectivity index (χ3v) is 5.35. The lowest BCUT2D eigenvalue weighted by Gasteiger charge is -2.33. The number of nitrogens with one attached hydrogen (secondary N) is 1. The van der Waals surface area contributed by atoms with Gasteiger partial charge in [0.25, 0.3) is 0 Å². The maximum absolute atomic E-state index is 6.42. The third kappa shape index (κ3) is 2.31. The van der Waals surface area contributed by atoms with Crippen LogP contribution >= 0.6 is 0 Å². The second-order valence-corrected chi connectivity index (χ2v) is 7.89. The van der Waals surface area contributed by atoms with Gasteiger partial charge in [-0.2, -0.15) is 0 Å². The van der Waals surface area contributed by atoms with Crippen molar-refractivity contribution < 1.29 is 4.74 Å². The fourth-order valence-corrected chi connectivity index (χ4v) is 3.99. The molecule has 3 nitrogen and oxygen atoms in total. The number of H-pyrrole nitrogens is 1. The molecule has 130 valence electrons. The highest BCUT2D eigenvalue weighted by Crippen LogP contribution is 2.43. The van der Waals surface area contributed by atoms with Crippen molar-refractivity contribution in [1.82, 2.24) is 9.97 Å². The van der Waals surface area contributed by atoms with Crippen molar-refractivity contribution in [1.29, 1.82) is 0 Å². The van der Waals surface area contributed by atoms with E-state index in [1.54, 1.807) is 0 Å². The zero-order chi connectivity index (χ0) is 17.9. The number of benzene rings is 3. The van der Waals surface area contributed by atoms with Crippen LogP contribution < -0.4 is 4.74 Å². The van der Waals surface area contributed by atoms with Crippen molar-refractivity contribution in [2.24, 2.45) is 0 Å². The van der Waals surface area contributed by atoms with Crippen molar-refractivity contribution in [3.05, 3.63) is 59.7 Å². The van der Waals surface area contributed by atoms with E-state index < -0.39 is 0 Å². The van der Waals surface area contributed by atoms with E-state index in [9.17, 15) is 0 Å². The van der Waals surface area contributed by atoms with Crippen LogP contribution in [0.2, 0.25) is 0 Å². The predicted molar refractivity (Wildman–Crippen MR) is 107 cm³/mol. The molecule has 0 spiro atoms. The minimum atomic E-state index is -0.140. The van der Waals surface area contributed by atoms with Gasteiger partial charge in [-0.05, 0) is 39.7 Å². The average molecular weight is 342 g/mol. The molecule has 0 radical (unpaired) electrons. The highest BCUT2D eigenvalue weighted by atomic mass is 16.5. The Morgan fingerprint density at radius 2 is 1.85 bits per heavy atom. The summed E-state index contributed by atoms with van der Waals surface area (Å²) in [4.78, 5) is 8.59. The molecule has 4 aromatic rings. The van der Waals surface area contributed by atoms with Crippen molar-refractivity contribution in [3.63, 3.8) is 0 Å². The molecule has 0 saturated heterocycles. The van der Waals surface area contributed by atoms with Crippen molar-refractivity contribution in [3.8, 4) is 17.1 Å². The molecule has 1 aliphatic rings. The van der Waals surface area contributed by atoms with Gasteiger partial charge in [0.1, 0.15) is 17.2 Å². The number of aryl methyl sites for hydroxylation is 2. The summed E-state index contributed by atoms with van der Waals surface area (Å²) in [6, 6.07) is 16.9. The summed E-state index contributed by atoms with van der Waals surface area (Å²) in [5.41, 5.74) is 5.60. The van der Waals surface area contributed by atoms with Gasteiger partial charge < -0.3 is 9.72 Å². The summed E-state index contributed by atoms with van der Waals surface area (Å²) in [5, 5.41) is 2.34. The lowest BCUT2D eigenvalue weighted by Crippen LogP contribution is -2.32. The van der Waals surface area contributed by atoms with Crippen molar-refractivity contribution >= 4 is 21.8 Å². The van der Waals surface area contributed by atoms with Crippen LogP contribution in [0.15, 0.2) is 48.5 Å². The van der Waals surface area contributed by atoms with Gasteiger partial charge >= 0.3 is 0 Å². The Bertz CT molecular complexity index is 1150. The number of fused-ring (bicyclic) bond motifs is 6. The van der Waals surface area contributed by atoms with E-state index in [4.69, 9.17) is 9.72 Å². The van der Waals surface area contributed by atoms with Crippen LogP contribution in [0.1, 0.15) is 31.4 Å². The number of hydrogen-bond donors (Lipinski definition) is 1. The molecule has 5 rings (SSSR count). The van der Waals surface area contributed by atoms with E-state index in [1.165, 1.54) is 21.9 Å². The van der Waals surface area contributed by atoms with Gasteiger partial charge in [-0.25, -0.2) is 4.98 Å². The van der Waals surface area contributed by atoms with Crippen LogP contribution in [0, 0.1) is 6.92 Å². The fourth-order valence-electron chi connectivity index (χ4n) is 3.99. The zero-order valence-corrected chi connectivity index (χ0v) is 15.4. The van der Waals surface area contributed by atoms with Gasteiger partial charge in [0, 0.05) is 21.9 Å². The fraction of sp³-hybridized carbons (Fsp3) is 0.261. The predicted octanol–water partition coefficient (Wildman–Crippen LogP) is 5.80. The lowest BCUT2D eigenvalue weighted by molar-refractivity contribution is 0.0873. The second kappa shape index (κ2) is 5.34. The smallest absolute Gasteiger partial charge is 0.138 e. The van der Waals surface area contributed by atoms with Crippen LogP contribution in [-0.2, 0) is 6.42 Å². The van der Waals surface area contributed by atoms with Gasteiger partial charge in [0.2, 0.25) is 0 Å². The Kier molecular flexibility index (Phi) is 3.17. The van der Waals surface area contributed by atoms with E-state index in [1.807, 2.05) is 0 Å². The quantitative estimate of drug-likeness (QED) is 0.475. The first kappa shape index (κ1) is 15.4. The molecule has 1 aliphatic heterocycles. The number of imidazole rings is 1. The Balaban J connectivity index is 1.84. The van der Waals surface area contributed by atoms with E-state index in [0.29, 0.717) is 0 Å². The second-order valence-electron chi connectivity index (χ2n) is 7.89. The third-order valence-electron chi connectivity index (χ3n) is 5.35. The molecule has 0 fully saturated rings. The topological polar surface area (TPSA) is 37.9 Å². The summed E-state index contributed by atoms with van der Waals surface area (Å²) in [6.45, 7) is 6.44. The van der Waals surface area contributed by atoms with E-state index in [2.05, 4.69) is 74.3 Å². The van der Waals surface area contributed by atoms with Crippen LogP contribution in [0.5, 0.6) is 5.75 Å². The van der Waals surface area contributed by atoms with Gasteiger partial charge in [-0.15, -0.1) is 0 Å². The lowest BCUT2D eigenvalue weighted by atomic mass is 9.91. The Morgan fingerprint density at radius 1 is 1.04 bits per heavy atom. The molecule has 2 heterocycles. The Hall–Kier alpha value is -2.81. The molecule has 3 aromatic carbocycles. The van der Waals surface area contributed by atoms with Crippen molar-refractivity contribution in [2.75, 3.05) is 0 Å². The molecule has 0 unspecified atom stereocenters. The van der Waals surface area contributed by atoms with Gasteiger partial charge in [0.15, 0.2) is 0 Å². The summed E-state index contributed by atoms with van der Waals surface area (Å²) in [5.74, 6) is 1.93. The number of rotatable bonds is 1. The summed E-state index contributed by atoms with van der Waals surface area (Å²) >= 11 is 0. The SMILES string of the molecule is Cc1cccc(-c2nc3c4c(c5ccccc5c3[nH]2)OC(C)(C)CC4)c1. The highest BCUT2D eigenvalue weighted by Gasteiger charge is 2.30. The molecule has 0 amide bonds. The molecule has 1 N–H and O–H groups in total. The van der Waals surface area contributed by atoms with E-state index >= 15 is 0 Å². The number of nitrogens with zero attached hydrogens (tertiary/aromatic N) is 1. The van der Waals surface area contributed by atoms with Crippen LogP contribution in [0.3, 0.4) is 0 Å². The molecular weight excluding hydrogens is 320 g/mol. The minimum Gasteiger partial charge on any atom is -0.487 e. The molecule has 0 saturated carbocycles. The van der Waals surface area contributed by atoms with Gasteiger partial charge in [0.05, 0.1) is 11.0 Å². The van der Waals surface area contributed by atoms with Crippen LogP contribution in [-0.4, -0.2) is 15.6 Å². The maximum atomic E-state index is 6.42. The molecule has 0 bridgehead atoms. The Morgan fingerprint density at radius 3 is 2.65 bits per heavy atom. The summed E-state index contributed by atoms with van der Waals surface area (Å²) in [6.07, 6.45) is 1.99. The molecular formula is C23H22N2O. The standard InChI is InChI=1S/C23H22N2O/c1-14-7-6-8-15(13-14)22-24-19-16-9-4-5-10-17(16)21-18(20(19)25-22)11-12-23(2,3)26-21/h4-10,13H,11-12H2,1-3H3,(H,24,25). The number of aromatic amines is 1. The minimum absolute atomic E-state index is 0.140. The van der Waals surface area contributed by atoms with Gasteiger partial charge in [-0.3, -0.25) is 0 Å². The number of ether oxygens (including phenoxy) is 1. The molecule has 0 aliphatic carbocycles. The largest absolute Gasteiger partial charge is 0.487 e. The monoisotopic (exact) mass is 342 g/mol. The molecule has 0 atom stereocenters. The molecule has 26 heavy (non-hydrogen) atoms. The number of hydrogen-bond acceptors (Lipinski definition) is 2. The van der Waals surface area contributed by atoms with Crippen LogP contribution in [0.25, 0.3) is 33.2 Å². The first-order valence-electron chi connectivity index (χ1n) is 9.21. The summed E-state index contributed by atoms with van der Waals surface area (Å²) < 4.78 is 6.42. The summed E-state index contributed by atoms with van der Waals surface area (Å²) in [7, 11) is 0. The highest BCUT2D eigenvalue weighted by molar-refractivity contribution is 6.10. The van der Waals surface area contributed by atoms with E-state index in [-0.39, 0.29) is 5.60 Å². The van der Waals surface area contributed by atoms with E-state index in [0.717, 1.165) is 41.0 Å².